The number of anilines is 1. The van der Waals surface area contributed by atoms with Crippen molar-refractivity contribution in [3.63, 3.8) is 0 Å². The van der Waals surface area contributed by atoms with Crippen LogP contribution in [0.3, 0.4) is 0 Å². The Morgan fingerprint density at radius 2 is 1.89 bits per heavy atom. The van der Waals surface area contributed by atoms with Crippen molar-refractivity contribution in [1.82, 2.24) is 4.98 Å². The number of aryl methyl sites for hydroxylation is 1. The molecule has 1 amide bonds. The summed E-state index contributed by atoms with van der Waals surface area (Å²) in [6, 6.07) is 10.4. The van der Waals surface area contributed by atoms with E-state index in [1.165, 1.54) is 50.6 Å². The summed E-state index contributed by atoms with van der Waals surface area (Å²) >= 11 is 0.829. The maximum atomic E-state index is 13.3. The minimum atomic E-state index is -1.26. The van der Waals surface area contributed by atoms with Crippen LogP contribution in [0.2, 0.25) is 0 Å². The molecule has 11 nitrogen and oxygen atoms in total. The maximum absolute atomic E-state index is 13.3. The summed E-state index contributed by atoms with van der Waals surface area (Å²) in [5, 5.41) is 22.6. The third-order valence-corrected chi connectivity index (χ3v) is 6.68. The highest BCUT2D eigenvalue weighted by molar-refractivity contribution is 7.17. The van der Waals surface area contributed by atoms with E-state index in [1.54, 1.807) is 19.1 Å². The molecule has 0 aliphatic carbocycles. The number of methoxy groups -OCH3 is 2. The number of nitro groups is 1. The van der Waals surface area contributed by atoms with Gasteiger partial charge in [-0.05, 0) is 24.6 Å². The second-order valence-electron chi connectivity index (χ2n) is 7.66. The molecule has 4 rings (SSSR count). The minimum absolute atomic E-state index is 0.00352. The second-order valence-corrected chi connectivity index (χ2v) is 8.63. The number of thiazole rings is 1. The third-order valence-electron chi connectivity index (χ3n) is 5.55. The molecule has 1 atom stereocenters. The first-order valence-electron chi connectivity index (χ1n) is 10.4. The van der Waals surface area contributed by atoms with Gasteiger partial charge < -0.3 is 14.6 Å². The number of amides is 1. The summed E-state index contributed by atoms with van der Waals surface area (Å²) in [6.45, 7) is 1.54. The van der Waals surface area contributed by atoms with Crippen LogP contribution in [0, 0.1) is 17.0 Å². The van der Waals surface area contributed by atoms with Crippen molar-refractivity contribution >= 4 is 45.6 Å². The van der Waals surface area contributed by atoms with E-state index < -0.39 is 34.4 Å². The van der Waals surface area contributed by atoms with Gasteiger partial charge in [0.2, 0.25) is 0 Å². The lowest BCUT2D eigenvalue weighted by Crippen LogP contribution is -2.29. The van der Waals surface area contributed by atoms with E-state index in [2.05, 4.69) is 4.98 Å². The topological polar surface area (TPSA) is 149 Å². The molecule has 1 N–H and O–H groups in total. The zero-order chi connectivity index (χ0) is 26.1. The number of nitro benzene ring substituents is 1. The highest BCUT2D eigenvalue weighted by atomic mass is 32.1. The van der Waals surface area contributed by atoms with Gasteiger partial charge in [-0.1, -0.05) is 35.6 Å². The molecular formula is C24H19N3O8S. The number of aliphatic hydroxyl groups excluding tert-OH is 1. The molecular weight excluding hydrogens is 490 g/mol. The number of ketones is 1. The summed E-state index contributed by atoms with van der Waals surface area (Å²) in [4.78, 5) is 54.9. The van der Waals surface area contributed by atoms with Crippen molar-refractivity contribution in [3.8, 4) is 5.75 Å². The minimum Gasteiger partial charge on any atom is -0.507 e. The van der Waals surface area contributed by atoms with Crippen molar-refractivity contribution in [2.45, 2.75) is 13.0 Å². The van der Waals surface area contributed by atoms with Gasteiger partial charge >= 0.3 is 11.9 Å². The molecule has 184 valence electrons. The number of aromatic nitrogens is 1. The first-order valence-corrected chi connectivity index (χ1v) is 11.2. The van der Waals surface area contributed by atoms with Gasteiger partial charge in [0.1, 0.15) is 16.4 Å². The average Bonchev–Trinajstić information content (AvgIpc) is 3.39. The molecule has 0 spiro atoms. The van der Waals surface area contributed by atoms with Crippen LogP contribution in [0.25, 0.3) is 5.76 Å². The van der Waals surface area contributed by atoms with E-state index in [0.29, 0.717) is 5.75 Å². The van der Waals surface area contributed by atoms with Gasteiger partial charge in [0.25, 0.3) is 11.5 Å². The van der Waals surface area contributed by atoms with Crippen LogP contribution in [0.1, 0.15) is 32.5 Å². The van der Waals surface area contributed by atoms with Crippen molar-refractivity contribution in [3.05, 3.63) is 85.9 Å². The standard InChI is InChI=1S/C24H19N3O8S/c1-12-21(23(31)35-3)36-24(25-12)26-18(13-6-4-8-15(10-13)27(32)33)17(20(29)22(26)30)19(28)14-7-5-9-16(11-14)34-2/h4-11,18,28H,1-3H3/t18-/m1/s1. The number of carbonyl (C=O) groups excluding carboxylic acids is 3. The molecule has 2 heterocycles. The molecule has 1 aliphatic heterocycles. The number of benzene rings is 2. The Bertz CT molecular complexity index is 1440. The van der Waals surface area contributed by atoms with Crippen LogP contribution < -0.4 is 9.64 Å². The van der Waals surface area contributed by atoms with E-state index in [4.69, 9.17) is 9.47 Å². The molecule has 1 fully saturated rings. The molecule has 0 bridgehead atoms. The Kier molecular flexibility index (Phi) is 6.53. The molecule has 1 saturated heterocycles. The van der Waals surface area contributed by atoms with Crippen LogP contribution in [-0.2, 0) is 14.3 Å². The fraction of sp³-hybridized carbons (Fsp3) is 0.167. The molecule has 1 aliphatic rings. The Hall–Kier alpha value is -4.58. The van der Waals surface area contributed by atoms with Gasteiger partial charge in [-0.25, -0.2) is 9.78 Å². The molecule has 0 unspecified atom stereocenters. The summed E-state index contributed by atoms with van der Waals surface area (Å²) in [6.07, 6.45) is 0. The summed E-state index contributed by atoms with van der Waals surface area (Å²) in [5.74, 6) is -2.79. The Balaban J connectivity index is 1.97. The zero-order valence-corrected chi connectivity index (χ0v) is 20.1. The Labute approximate surface area is 208 Å². The number of Topliss-reactive ketones (excluding diaryl/α,β-unsaturated/α-hetero) is 1. The second kappa shape index (κ2) is 9.58. The molecule has 2 aromatic carbocycles. The highest BCUT2D eigenvalue weighted by Gasteiger charge is 2.48. The lowest BCUT2D eigenvalue weighted by Gasteiger charge is -2.22. The molecule has 3 aromatic rings. The van der Waals surface area contributed by atoms with Crippen LogP contribution in [-0.4, -0.2) is 46.9 Å². The number of nitrogens with zero attached hydrogens (tertiary/aromatic N) is 3. The third kappa shape index (κ3) is 4.18. The fourth-order valence-corrected chi connectivity index (χ4v) is 4.86. The largest absolute Gasteiger partial charge is 0.507 e. The van der Waals surface area contributed by atoms with Crippen LogP contribution in [0.5, 0.6) is 5.75 Å². The fourth-order valence-electron chi connectivity index (χ4n) is 3.85. The van der Waals surface area contributed by atoms with Crippen molar-refractivity contribution in [2.75, 3.05) is 19.1 Å². The molecule has 1 aromatic heterocycles. The molecule has 0 radical (unpaired) electrons. The maximum Gasteiger partial charge on any atom is 0.350 e. The first kappa shape index (κ1) is 24.5. The van der Waals surface area contributed by atoms with Gasteiger partial charge in [0, 0.05) is 17.7 Å². The Morgan fingerprint density at radius 3 is 2.56 bits per heavy atom. The number of esters is 1. The summed E-state index contributed by atoms with van der Waals surface area (Å²) < 4.78 is 9.94. The number of carbonyl (C=O) groups is 3. The van der Waals surface area contributed by atoms with E-state index in [-0.39, 0.29) is 38.1 Å². The quantitative estimate of drug-likeness (QED) is 0.131. The average molecular weight is 509 g/mol. The number of non-ortho nitro benzene ring substituents is 1. The number of ether oxygens (including phenoxy) is 2. The monoisotopic (exact) mass is 509 g/mol. The molecule has 36 heavy (non-hydrogen) atoms. The smallest absolute Gasteiger partial charge is 0.350 e. The van der Waals surface area contributed by atoms with Crippen LogP contribution in [0.4, 0.5) is 10.8 Å². The first-order chi connectivity index (χ1) is 17.2. The zero-order valence-electron chi connectivity index (χ0n) is 19.3. The molecule has 0 saturated carbocycles. The lowest BCUT2D eigenvalue weighted by molar-refractivity contribution is -0.384. The van der Waals surface area contributed by atoms with Crippen molar-refractivity contribution in [2.24, 2.45) is 0 Å². The van der Waals surface area contributed by atoms with Gasteiger partial charge in [-0.3, -0.25) is 24.6 Å². The van der Waals surface area contributed by atoms with E-state index in [9.17, 15) is 29.6 Å². The van der Waals surface area contributed by atoms with Crippen LogP contribution >= 0.6 is 11.3 Å². The van der Waals surface area contributed by atoms with Crippen molar-refractivity contribution < 1.29 is 33.9 Å². The molecule has 12 heteroatoms. The van der Waals surface area contributed by atoms with Gasteiger partial charge in [0.15, 0.2) is 5.13 Å². The predicted molar refractivity (Wildman–Crippen MR) is 129 cm³/mol. The van der Waals surface area contributed by atoms with Gasteiger partial charge in [-0.15, -0.1) is 0 Å². The summed E-state index contributed by atoms with van der Waals surface area (Å²) in [7, 11) is 2.63. The lowest BCUT2D eigenvalue weighted by atomic mass is 9.95. The normalized spacial score (nSPS) is 16.8. The summed E-state index contributed by atoms with van der Waals surface area (Å²) in [5.41, 5.74) is 0.106. The number of rotatable bonds is 6. The number of aliphatic hydroxyl groups is 1. The highest BCUT2D eigenvalue weighted by Crippen LogP contribution is 2.44. The van der Waals surface area contributed by atoms with E-state index in [1.807, 2.05) is 0 Å². The van der Waals surface area contributed by atoms with Gasteiger partial charge in [0.05, 0.1) is 36.5 Å². The number of hydrogen-bond acceptors (Lipinski definition) is 10. The Morgan fingerprint density at radius 1 is 1.17 bits per heavy atom. The SMILES string of the molecule is COC(=O)c1sc(N2C(=O)C(=O)C(=C(O)c3cccc(OC)c3)[C@H]2c2cccc([N+](=O)[O-])c2)nc1C. The van der Waals surface area contributed by atoms with Crippen LogP contribution in [0.15, 0.2) is 54.1 Å². The predicted octanol–water partition coefficient (Wildman–Crippen LogP) is 3.78. The van der Waals surface area contributed by atoms with Crippen molar-refractivity contribution in [1.29, 1.82) is 0 Å². The van der Waals surface area contributed by atoms with E-state index in [0.717, 1.165) is 16.2 Å². The van der Waals surface area contributed by atoms with E-state index >= 15 is 0 Å². The van der Waals surface area contributed by atoms with Gasteiger partial charge in [-0.2, -0.15) is 0 Å². The number of hydrogen-bond donors (Lipinski definition) is 1.